The molecule has 0 atom stereocenters. The van der Waals surface area contributed by atoms with E-state index in [1.54, 1.807) is 26.8 Å². The summed E-state index contributed by atoms with van der Waals surface area (Å²) in [6, 6.07) is 3.10. The van der Waals surface area contributed by atoms with Crippen molar-refractivity contribution in [3.05, 3.63) is 30.3 Å². The van der Waals surface area contributed by atoms with Crippen LogP contribution in [0, 0.1) is 0 Å². The fourth-order valence-corrected chi connectivity index (χ4v) is 2.02. The van der Waals surface area contributed by atoms with Gasteiger partial charge in [-0.1, -0.05) is 6.92 Å². The minimum Gasteiger partial charge on any atom is -0.444 e. The predicted molar refractivity (Wildman–Crippen MR) is 88.7 cm³/mol. The average Bonchev–Trinajstić information content (AvgIpc) is 3.00. The Morgan fingerprint density at radius 3 is 2.68 bits per heavy atom. The number of anilines is 1. The molecule has 0 saturated carbocycles. The van der Waals surface area contributed by atoms with E-state index in [0.29, 0.717) is 17.9 Å². The average molecular weight is 353 g/mol. The fourth-order valence-electron chi connectivity index (χ4n) is 2.02. The number of amides is 1. The molecular formula is C17H21F2N3O3. The molecule has 0 fully saturated rings. The van der Waals surface area contributed by atoms with Gasteiger partial charge in [0.1, 0.15) is 17.7 Å². The number of aromatic nitrogens is 2. The second-order valence-corrected chi connectivity index (χ2v) is 6.38. The van der Waals surface area contributed by atoms with Crippen molar-refractivity contribution in [2.45, 2.75) is 46.1 Å². The summed E-state index contributed by atoms with van der Waals surface area (Å²) in [4.78, 5) is 21.4. The first-order valence-corrected chi connectivity index (χ1v) is 7.89. The van der Waals surface area contributed by atoms with Crippen LogP contribution < -0.4 is 4.90 Å². The number of nitrogens with zero attached hydrogens (tertiary/aromatic N) is 3. The van der Waals surface area contributed by atoms with Crippen molar-refractivity contribution >= 4 is 11.9 Å². The maximum absolute atomic E-state index is 12.9. The highest BCUT2D eigenvalue weighted by atomic mass is 19.3. The summed E-state index contributed by atoms with van der Waals surface area (Å²) in [5.41, 5.74) is 0.491. The number of carbonyl (C=O) groups is 1. The Balaban J connectivity index is 2.33. The second-order valence-electron chi connectivity index (χ2n) is 6.38. The molecule has 2 heterocycles. The van der Waals surface area contributed by atoms with Crippen LogP contribution in [0.15, 0.2) is 29.0 Å². The Hall–Kier alpha value is -2.51. The smallest absolute Gasteiger partial charge is 0.416 e. The predicted octanol–water partition coefficient (Wildman–Crippen LogP) is 4.31. The molecule has 0 aliphatic rings. The zero-order chi connectivity index (χ0) is 18.6. The summed E-state index contributed by atoms with van der Waals surface area (Å²) < 4.78 is 36.4. The van der Waals surface area contributed by atoms with Gasteiger partial charge in [-0.3, -0.25) is 4.90 Å². The van der Waals surface area contributed by atoms with Gasteiger partial charge in [-0.2, -0.15) is 0 Å². The lowest BCUT2D eigenvalue weighted by Crippen LogP contribution is -2.40. The molecule has 2 aromatic heterocycles. The topological polar surface area (TPSA) is 68.5 Å². The van der Waals surface area contributed by atoms with E-state index in [9.17, 15) is 13.6 Å². The van der Waals surface area contributed by atoms with Crippen LogP contribution in [-0.2, 0) is 11.2 Å². The number of carbonyl (C=O) groups excluding carboxylic acids is 1. The van der Waals surface area contributed by atoms with E-state index >= 15 is 0 Å². The Morgan fingerprint density at radius 2 is 2.12 bits per heavy atom. The molecule has 1 amide bonds. The molecule has 0 radical (unpaired) electrons. The number of alkyl halides is 2. The van der Waals surface area contributed by atoms with Crippen molar-refractivity contribution in [2.75, 3.05) is 11.4 Å². The first-order valence-electron chi connectivity index (χ1n) is 7.89. The minimum atomic E-state index is -2.73. The Kier molecular flexibility index (Phi) is 5.71. The highest BCUT2D eigenvalue weighted by Gasteiger charge is 2.27. The molecule has 0 N–H and O–H groups in total. The zero-order valence-corrected chi connectivity index (χ0v) is 14.6. The number of oxazole rings is 1. The van der Waals surface area contributed by atoms with Crippen molar-refractivity contribution in [3.63, 3.8) is 0 Å². The van der Waals surface area contributed by atoms with E-state index in [1.807, 2.05) is 6.92 Å². The van der Waals surface area contributed by atoms with Gasteiger partial charge in [-0.25, -0.2) is 23.5 Å². The summed E-state index contributed by atoms with van der Waals surface area (Å²) in [6.45, 7) is 6.10. The third-order valence-corrected chi connectivity index (χ3v) is 3.12. The number of hydrogen-bond acceptors (Lipinski definition) is 5. The Bertz CT molecular complexity index is 726. The van der Waals surface area contributed by atoms with Gasteiger partial charge in [0.05, 0.1) is 12.2 Å². The zero-order valence-electron chi connectivity index (χ0n) is 14.6. The van der Waals surface area contributed by atoms with Gasteiger partial charge in [0.25, 0.3) is 6.43 Å². The Morgan fingerprint density at radius 1 is 1.40 bits per heavy atom. The quantitative estimate of drug-likeness (QED) is 0.801. The van der Waals surface area contributed by atoms with Crippen LogP contribution in [0.3, 0.4) is 0 Å². The van der Waals surface area contributed by atoms with Crippen LogP contribution in [0.4, 0.5) is 19.4 Å². The van der Waals surface area contributed by atoms with Gasteiger partial charge >= 0.3 is 6.09 Å². The molecular weight excluding hydrogens is 332 g/mol. The molecule has 0 spiro atoms. The normalized spacial score (nSPS) is 11.6. The third-order valence-electron chi connectivity index (χ3n) is 3.12. The van der Waals surface area contributed by atoms with Crippen LogP contribution >= 0.6 is 0 Å². The summed E-state index contributed by atoms with van der Waals surface area (Å²) in [6.07, 6.45) is 0.0194. The SMILES string of the molecule is CCc1coc(-c2ccnc(N(CC(F)F)C(=O)OC(C)(C)C)c2)n1. The molecule has 0 saturated heterocycles. The van der Waals surface area contributed by atoms with E-state index in [0.717, 1.165) is 10.6 Å². The molecule has 2 rings (SSSR count). The first kappa shape index (κ1) is 18.8. The lowest BCUT2D eigenvalue weighted by Gasteiger charge is -2.26. The highest BCUT2D eigenvalue weighted by molar-refractivity contribution is 5.87. The van der Waals surface area contributed by atoms with E-state index in [2.05, 4.69) is 9.97 Å². The van der Waals surface area contributed by atoms with Crippen LogP contribution in [0.2, 0.25) is 0 Å². The third kappa shape index (κ3) is 5.23. The van der Waals surface area contributed by atoms with E-state index < -0.39 is 24.7 Å². The van der Waals surface area contributed by atoms with E-state index in [4.69, 9.17) is 9.15 Å². The van der Waals surface area contributed by atoms with Crippen LogP contribution in [0.5, 0.6) is 0 Å². The number of halogens is 2. The molecule has 2 aromatic rings. The van der Waals surface area contributed by atoms with Gasteiger partial charge in [-0.15, -0.1) is 0 Å². The number of pyridine rings is 1. The van der Waals surface area contributed by atoms with Crippen LogP contribution in [-0.4, -0.2) is 34.6 Å². The second kappa shape index (κ2) is 7.58. The summed E-state index contributed by atoms with van der Waals surface area (Å²) in [5, 5.41) is 0. The summed E-state index contributed by atoms with van der Waals surface area (Å²) in [7, 11) is 0. The van der Waals surface area contributed by atoms with Gasteiger partial charge in [-0.05, 0) is 39.3 Å². The molecule has 0 aromatic carbocycles. The first-order chi connectivity index (χ1) is 11.7. The molecule has 0 aliphatic carbocycles. The van der Waals surface area contributed by atoms with Crippen molar-refractivity contribution in [1.29, 1.82) is 0 Å². The van der Waals surface area contributed by atoms with Crippen molar-refractivity contribution in [1.82, 2.24) is 9.97 Å². The van der Waals surface area contributed by atoms with Crippen molar-refractivity contribution in [3.8, 4) is 11.5 Å². The molecule has 0 bridgehead atoms. The monoisotopic (exact) mass is 353 g/mol. The molecule has 8 heteroatoms. The fraction of sp³-hybridized carbons (Fsp3) is 0.471. The molecule has 136 valence electrons. The lowest BCUT2D eigenvalue weighted by molar-refractivity contribution is 0.0542. The molecule has 0 unspecified atom stereocenters. The molecule has 6 nitrogen and oxygen atoms in total. The lowest BCUT2D eigenvalue weighted by atomic mass is 10.2. The molecule has 25 heavy (non-hydrogen) atoms. The molecule has 0 aliphatic heterocycles. The maximum Gasteiger partial charge on any atom is 0.416 e. The van der Waals surface area contributed by atoms with Crippen molar-refractivity contribution < 1.29 is 22.7 Å². The van der Waals surface area contributed by atoms with E-state index in [-0.39, 0.29) is 5.82 Å². The van der Waals surface area contributed by atoms with E-state index in [1.165, 1.54) is 18.5 Å². The standard InChI is InChI=1S/C17H21F2N3O3/c1-5-12-10-24-15(21-12)11-6-7-20-14(8-11)22(9-13(18)19)16(23)25-17(2,3)4/h6-8,10,13H,5,9H2,1-4H3. The minimum absolute atomic E-state index is 0.0447. The number of rotatable bonds is 5. The number of ether oxygens (including phenoxy) is 1. The van der Waals surface area contributed by atoms with Gasteiger partial charge in [0, 0.05) is 11.8 Å². The van der Waals surface area contributed by atoms with Crippen LogP contribution in [0.1, 0.15) is 33.4 Å². The maximum atomic E-state index is 12.9. The van der Waals surface area contributed by atoms with Crippen LogP contribution in [0.25, 0.3) is 11.5 Å². The summed E-state index contributed by atoms with van der Waals surface area (Å²) in [5.74, 6) is 0.380. The van der Waals surface area contributed by atoms with Gasteiger partial charge < -0.3 is 9.15 Å². The Labute approximate surface area is 144 Å². The van der Waals surface area contributed by atoms with Gasteiger partial charge in [0.15, 0.2) is 0 Å². The van der Waals surface area contributed by atoms with Crippen molar-refractivity contribution in [2.24, 2.45) is 0 Å². The summed E-state index contributed by atoms with van der Waals surface area (Å²) >= 11 is 0. The highest BCUT2D eigenvalue weighted by Crippen LogP contribution is 2.24. The number of aryl methyl sites for hydroxylation is 1. The largest absolute Gasteiger partial charge is 0.444 e. The van der Waals surface area contributed by atoms with Gasteiger partial charge in [0.2, 0.25) is 5.89 Å². The number of hydrogen-bond donors (Lipinski definition) is 0.